The molecule has 0 aliphatic rings. The van der Waals surface area contributed by atoms with E-state index >= 15 is 0 Å². The summed E-state index contributed by atoms with van der Waals surface area (Å²) in [6.07, 6.45) is 61.4. The highest BCUT2D eigenvalue weighted by atomic mass is 31.2. The number of phosphoric ester groups is 2. The van der Waals surface area contributed by atoms with E-state index in [0.717, 1.165) is 102 Å². The second kappa shape index (κ2) is 71.1. The second-order valence-corrected chi connectivity index (χ2v) is 31.3. The summed E-state index contributed by atoms with van der Waals surface area (Å²) in [5.41, 5.74) is 0. The van der Waals surface area contributed by atoms with Gasteiger partial charge in [0.05, 0.1) is 26.4 Å². The molecule has 97 heavy (non-hydrogen) atoms. The first-order valence-electron chi connectivity index (χ1n) is 40.7. The highest BCUT2D eigenvalue weighted by Crippen LogP contribution is 2.45. The summed E-state index contributed by atoms with van der Waals surface area (Å²) < 4.78 is 68.4. The lowest BCUT2D eigenvalue weighted by Crippen LogP contribution is -2.30. The van der Waals surface area contributed by atoms with Gasteiger partial charge in [-0.15, -0.1) is 0 Å². The van der Waals surface area contributed by atoms with Crippen molar-refractivity contribution < 1.29 is 80.2 Å². The van der Waals surface area contributed by atoms with Crippen molar-refractivity contribution in [2.75, 3.05) is 39.6 Å². The zero-order chi connectivity index (χ0) is 71.2. The molecule has 0 bridgehead atoms. The molecule has 0 spiro atoms. The molecule has 3 N–H and O–H groups in total. The number of carbonyl (C=O) groups excluding carboxylic acids is 4. The van der Waals surface area contributed by atoms with Crippen LogP contribution in [0.25, 0.3) is 0 Å². The van der Waals surface area contributed by atoms with Crippen LogP contribution in [0.5, 0.6) is 0 Å². The predicted molar refractivity (Wildman–Crippen MR) is 395 cm³/mol. The molecule has 0 saturated heterocycles. The largest absolute Gasteiger partial charge is 0.472 e. The van der Waals surface area contributed by atoms with Crippen LogP contribution in [-0.4, -0.2) is 96.7 Å². The van der Waals surface area contributed by atoms with Gasteiger partial charge in [0.25, 0.3) is 0 Å². The second-order valence-electron chi connectivity index (χ2n) is 28.3. The van der Waals surface area contributed by atoms with Gasteiger partial charge in [0.2, 0.25) is 0 Å². The third kappa shape index (κ3) is 70.9. The molecular formula is C78H152O17P2. The van der Waals surface area contributed by atoms with Gasteiger partial charge in [0.15, 0.2) is 12.2 Å². The van der Waals surface area contributed by atoms with Crippen molar-refractivity contribution in [1.82, 2.24) is 0 Å². The van der Waals surface area contributed by atoms with E-state index in [-0.39, 0.29) is 25.7 Å². The van der Waals surface area contributed by atoms with Crippen molar-refractivity contribution in [2.45, 2.75) is 432 Å². The lowest BCUT2D eigenvalue weighted by atomic mass is 9.99. The summed E-state index contributed by atoms with van der Waals surface area (Å²) in [5, 5.41) is 10.6. The Hall–Kier alpha value is -1.94. The highest BCUT2D eigenvalue weighted by molar-refractivity contribution is 7.47. The van der Waals surface area contributed by atoms with E-state index in [9.17, 15) is 43.2 Å². The van der Waals surface area contributed by atoms with Crippen molar-refractivity contribution in [2.24, 2.45) is 5.92 Å². The van der Waals surface area contributed by atoms with Gasteiger partial charge < -0.3 is 33.8 Å². The smallest absolute Gasteiger partial charge is 0.462 e. The number of carbonyl (C=O) groups is 4. The molecule has 0 aromatic rings. The Kier molecular flexibility index (Phi) is 69.6. The van der Waals surface area contributed by atoms with Crippen LogP contribution in [-0.2, 0) is 65.4 Å². The van der Waals surface area contributed by atoms with Gasteiger partial charge in [0, 0.05) is 25.7 Å². The standard InChI is InChI=1S/C78H152O17P2/c1-6-10-13-16-18-20-22-24-26-27-28-29-30-31-37-41-45-49-54-59-64-78(83)95-74(68-89-76(81)62-57-52-47-43-39-36-33-32-34-38-42-46-51-55-60-71(5)9-4)70-93-97(86,87)91-66-72(79)65-90-96(84,85)92-69-73(67-88-75(80)61-56-50-15-12-8-3)94-77(82)63-58-53-48-44-40-35-25-23-21-19-17-14-11-7-2/h71-74,79H,6-70H2,1-5H3,(H,84,85)(H,86,87)/t71?,72-,73+,74+/m0/s1. The molecule has 0 aromatic carbocycles. The molecule has 0 amide bonds. The Bertz CT molecular complexity index is 1860. The Balaban J connectivity index is 5.13. The van der Waals surface area contributed by atoms with Crippen LogP contribution in [0.4, 0.5) is 0 Å². The van der Waals surface area contributed by atoms with E-state index < -0.39 is 97.5 Å². The van der Waals surface area contributed by atoms with Gasteiger partial charge in [-0.1, -0.05) is 362 Å². The van der Waals surface area contributed by atoms with E-state index in [0.29, 0.717) is 25.7 Å². The summed E-state index contributed by atoms with van der Waals surface area (Å²) in [7, 11) is -9.90. The molecule has 6 atom stereocenters. The van der Waals surface area contributed by atoms with Crippen molar-refractivity contribution in [1.29, 1.82) is 0 Å². The summed E-state index contributed by atoms with van der Waals surface area (Å²) in [5.74, 6) is -1.27. The maximum absolute atomic E-state index is 13.1. The average Bonchev–Trinajstić information content (AvgIpc) is 1.73. The molecule has 576 valence electrons. The molecule has 0 rings (SSSR count). The Morgan fingerprint density at radius 3 is 0.732 bits per heavy atom. The number of aliphatic hydroxyl groups is 1. The predicted octanol–water partition coefficient (Wildman–Crippen LogP) is 23.3. The van der Waals surface area contributed by atoms with Crippen LogP contribution in [0, 0.1) is 5.92 Å². The average molecular weight is 1420 g/mol. The number of rotatable bonds is 78. The fraction of sp³-hybridized carbons (Fsp3) is 0.949. The number of hydrogen-bond donors (Lipinski definition) is 3. The number of phosphoric acid groups is 2. The number of aliphatic hydroxyl groups excluding tert-OH is 1. The quantitative estimate of drug-likeness (QED) is 0.0222. The first-order valence-corrected chi connectivity index (χ1v) is 43.7. The summed E-state index contributed by atoms with van der Waals surface area (Å²) in [4.78, 5) is 72.6. The monoisotopic (exact) mass is 1420 g/mol. The number of ether oxygens (including phenoxy) is 4. The van der Waals surface area contributed by atoms with E-state index in [1.807, 2.05) is 0 Å². The Labute approximate surface area is 594 Å². The van der Waals surface area contributed by atoms with E-state index in [1.165, 1.54) is 231 Å². The van der Waals surface area contributed by atoms with Gasteiger partial charge in [0.1, 0.15) is 19.3 Å². The minimum absolute atomic E-state index is 0.107. The van der Waals surface area contributed by atoms with Gasteiger partial charge in [-0.25, -0.2) is 9.13 Å². The van der Waals surface area contributed by atoms with E-state index in [2.05, 4.69) is 34.6 Å². The summed E-state index contributed by atoms with van der Waals surface area (Å²) >= 11 is 0. The van der Waals surface area contributed by atoms with Crippen LogP contribution in [0.15, 0.2) is 0 Å². The van der Waals surface area contributed by atoms with Crippen LogP contribution in [0.3, 0.4) is 0 Å². The highest BCUT2D eigenvalue weighted by Gasteiger charge is 2.30. The molecule has 0 saturated carbocycles. The molecule has 19 heteroatoms. The molecule has 0 aliphatic heterocycles. The maximum Gasteiger partial charge on any atom is 0.472 e. The SMILES string of the molecule is CCCCCCCCCCCCCCCCCCCCCCC(=O)O[C@H](COC(=O)CCCCCCCCCCCCCCCCC(C)CC)COP(=O)(O)OC[C@@H](O)COP(=O)(O)OC[C@@H](COC(=O)CCCCCCC)OC(=O)CCCCCCCCCCCCCCCC. The lowest BCUT2D eigenvalue weighted by molar-refractivity contribution is -0.161. The van der Waals surface area contributed by atoms with Gasteiger partial charge in [-0.3, -0.25) is 37.3 Å². The number of unbranched alkanes of at least 4 members (excludes halogenated alkanes) is 49. The minimum Gasteiger partial charge on any atom is -0.462 e. The van der Waals surface area contributed by atoms with Crippen LogP contribution in [0.2, 0.25) is 0 Å². The molecule has 0 aliphatic carbocycles. The fourth-order valence-electron chi connectivity index (χ4n) is 12.0. The topological polar surface area (TPSA) is 237 Å². The fourth-order valence-corrected chi connectivity index (χ4v) is 13.6. The summed E-state index contributed by atoms with van der Waals surface area (Å²) in [6, 6.07) is 0. The van der Waals surface area contributed by atoms with Crippen LogP contribution < -0.4 is 0 Å². The molecule has 17 nitrogen and oxygen atoms in total. The molecule has 0 radical (unpaired) electrons. The van der Waals surface area contributed by atoms with Gasteiger partial charge in [-0.05, 0) is 31.6 Å². The van der Waals surface area contributed by atoms with Crippen molar-refractivity contribution in [3.8, 4) is 0 Å². The van der Waals surface area contributed by atoms with Gasteiger partial charge >= 0.3 is 39.5 Å². The van der Waals surface area contributed by atoms with Crippen molar-refractivity contribution in [3.05, 3.63) is 0 Å². The lowest BCUT2D eigenvalue weighted by Gasteiger charge is -2.21. The first-order chi connectivity index (χ1) is 47.1. The molecule has 0 aromatic heterocycles. The molecule has 0 fully saturated rings. The molecular weight excluding hydrogens is 1270 g/mol. The van der Waals surface area contributed by atoms with E-state index in [4.69, 9.17) is 37.0 Å². The normalized spacial score (nSPS) is 14.2. The Morgan fingerprint density at radius 1 is 0.289 bits per heavy atom. The van der Waals surface area contributed by atoms with Crippen LogP contribution >= 0.6 is 15.6 Å². The number of hydrogen-bond acceptors (Lipinski definition) is 15. The van der Waals surface area contributed by atoms with E-state index in [1.54, 1.807) is 0 Å². The van der Waals surface area contributed by atoms with Crippen molar-refractivity contribution >= 4 is 39.5 Å². The minimum atomic E-state index is -4.96. The van der Waals surface area contributed by atoms with Crippen LogP contribution in [0.1, 0.15) is 413 Å². The van der Waals surface area contributed by atoms with Crippen molar-refractivity contribution in [3.63, 3.8) is 0 Å². The zero-order valence-electron chi connectivity index (χ0n) is 63.2. The third-order valence-electron chi connectivity index (χ3n) is 18.6. The first kappa shape index (κ1) is 95.1. The summed E-state index contributed by atoms with van der Waals surface area (Å²) in [6.45, 7) is 7.28. The molecule has 3 unspecified atom stereocenters. The van der Waals surface area contributed by atoms with Gasteiger partial charge in [-0.2, -0.15) is 0 Å². The third-order valence-corrected chi connectivity index (χ3v) is 20.5. The maximum atomic E-state index is 13.1. The molecule has 0 heterocycles. The zero-order valence-corrected chi connectivity index (χ0v) is 65.0. The Morgan fingerprint density at radius 2 is 0.495 bits per heavy atom. The number of esters is 4.